The van der Waals surface area contributed by atoms with Gasteiger partial charge in [0.25, 0.3) is 0 Å². The van der Waals surface area contributed by atoms with Gasteiger partial charge in [-0.3, -0.25) is 19.4 Å². The smallest absolute Gasteiger partial charge is 0.233 e. The lowest BCUT2D eigenvalue weighted by atomic mass is 9.81. The molecule has 168 valence electrons. The number of aromatic nitrogens is 1. The number of imide groups is 1. The monoisotopic (exact) mass is 462 g/mol. The molecule has 5 rings (SSSR count). The van der Waals surface area contributed by atoms with Crippen LogP contribution in [0.5, 0.6) is 0 Å². The van der Waals surface area contributed by atoms with Crippen molar-refractivity contribution in [1.82, 2.24) is 14.2 Å². The minimum absolute atomic E-state index is 0. The van der Waals surface area contributed by atoms with Crippen molar-refractivity contribution in [2.24, 2.45) is 11.8 Å². The highest BCUT2D eigenvalue weighted by atomic mass is 35.5. The Morgan fingerprint density at radius 2 is 1.55 bits per heavy atom. The summed E-state index contributed by atoms with van der Waals surface area (Å²) >= 11 is 1.58. The van der Waals surface area contributed by atoms with E-state index in [2.05, 4.69) is 38.4 Å². The summed E-state index contributed by atoms with van der Waals surface area (Å²) in [4.78, 5) is 31.6. The van der Waals surface area contributed by atoms with E-state index in [9.17, 15) is 9.59 Å². The fraction of sp³-hybridized carbons (Fsp3) is 0.609. The Hall–Kier alpha value is -1.70. The normalized spacial score (nSPS) is 24.5. The van der Waals surface area contributed by atoms with Gasteiger partial charge in [-0.2, -0.15) is 4.37 Å². The number of hydrogen-bond acceptors (Lipinski definition) is 6. The summed E-state index contributed by atoms with van der Waals surface area (Å²) in [6.45, 7) is 5.72. The minimum Gasteiger partial charge on any atom is -0.353 e. The summed E-state index contributed by atoms with van der Waals surface area (Å²) < 4.78 is 5.94. The second kappa shape index (κ2) is 9.84. The van der Waals surface area contributed by atoms with Crippen LogP contribution in [0.15, 0.2) is 24.3 Å². The molecule has 2 unspecified atom stereocenters. The Morgan fingerprint density at radius 3 is 2.26 bits per heavy atom. The van der Waals surface area contributed by atoms with Crippen molar-refractivity contribution in [3.63, 3.8) is 0 Å². The number of likely N-dealkylation sites (tertiary alicyclic amines) is 1. The first kappa shape index (κ1) is 22.5. The molecule has 1 saturated carbocycles. The first-order valence-corrected chi connectivity index (χ1v) is 12.2. The van der Waals surface area contributed by atoms with Gasteiger partial charge in [0.1, 0.15) is 5.82 Å². The molecule has 2 aliphatic heterocycles. The summed E-state index contributed by atoms with van der Waals surface area (Å²) in [7, 11) is 0. The summed E-state index contributed by atoms with van der Waals surface area (Å²) in [5.41, 5.74) is 0. The summed E-state index contributed by atoms with van der Waals surface area (Å²) in [5, 5.41) is 1.26. The Kier molecular flexibility index (Phi) is 7.14. The number of carbonyl (C=O) groups excluding carboxylic acids is 2. The molecule has 1 aromatic heterocycles. The highest BCUT2D eigenvalue weighted by molar-refractivity contribution is 7.13. The first-order chi connectivity index (χ1) is 14.7. The molecular formula is C23H31ClN4O2S. The molecule has 3 fully saturated rings. The highest BCUT2D eigenvalue weighted by Gasteiger charge is 2.47. The predicted molar refractivity (Wildman–Crippen MR) is 127 cm³/mol. The van der Waals surface area contributed by atoms with E-state index in [-0.39, 0.29) is 36.1 Å². The molecule has 0 N–H and O–H groups in total. The number of anilines is 1. The number of unbranched alkanes of at least 4 members (excludes halogenated alkanes) is 1. The maximum atomic E-state index is 12.6. The van der Waals surface area contributed by atoms with Gasteiger partial charge in [0.05, 0.1) is 16.5 Å². The molecule has 0 spiro atoms. The number of carbonyl (C=O) groups is 2. The third-order valence-corrected chi connectivity index (χ3v) is 7.89. The van der Waals surface area contributed by atoms with E-state index in [1.807, 2.05) is 0 Å². The topological polar surface area (TPSA) is 56.8 Å². The van der Waals surface area contributed by atoms with E-state index < -0.39 is 0 Å². The third kappa shape index (κ3) is 4.45. The maximum Gasteiger partial charge on any atom is 0.233 e. The van der Waals surface area contributed by atoms with Crippen LogP contribution in [0.3, 0.4) is 0 Å². The zero-order valence-corrected chi connectivity index (χ0v) is 19.5. The Morgan fingerprint density at radius 1 is 0.903 bits per heavy atom. The number of rotatable bonds is 6. The molecular weight excluding hydrogens is 432 g/mol. The Bertz CT molecular complexity index is 903. The van der Waals surface area contributed by atoms with Crippen LogP contribution in [-0.2, 0) is 9.59 Å². The minimum atomic E-state index is -0.0128. The molecule has 2 aromatic rings. The zero-order valence-electron chi connectivity index (χ0n) is 17.9. The van der Waals surface area contributed by atoms with Crippen LogP contribution in [0.1, 0.15) is 38.5 Å². The summed E-state index contributed by atoms with van der Waals surface area (Å²) in [6, 6.07) is 8.45. The van der Waals surface area contributed by atoms with Crippen LogP contribution >= 0.6 is 23.9 Å². The largest absolute Gasteiger partial charge is 0.353 e. The average molecular weight is 463 g/mol. The average Bonchev–Trinajstić information content (AvgIpc) is 3.32. The number of nitrogens with zero attached hydrogens (tertiary/aromatic N) is 4. The predicted octanol–water partition coefficient (Wildman–Crippen LogP) is 3.80. The van der Waals surface area contributed by atoms with Crippen LogP contribution in [0.4, 0.5) is 5.82 Å². The van der Waals surface area contributed by atoms with Gasteiger partial charge < -0.3 is 4.90 Å². The van der Waals surface area contributed by atoms with E-state index >= 15 is 0 Å². The van der Waals surface area contributed by atoms with E-state index in [0.29, 0.717) is 6.54 Å². The Balaban J connectivity index is 0.00000231. The van der Waals surface area contributed by atoms with Gasteiger partial charge in [0.2, 0.25) is 11.8 Å². The van der Waals surface area contributed by atoms with Crippen molar-refractivity contribution in [3.05, 3.63) is 24.3 Å². The molecule has 2 saturated heterocycles. The van der Waals surface area contributed by atoms with E-state index in [0.717, 1.165) is 77.1 Å². The van der Waals surface area contributed by atoms with Crippen molar-refractivity contribution >= 4 is 51.7 Å². The van der Waals surface area contributed by atoms with Crippen molar-refractivity contribution in [3.8, 4) is 0 Å². The Labute approximate surface area is 194 Å². The lowest BCUT2D eigenvalue weighted by Gasteiger charge is -2.35. The fourth-order valence-corrected chi connectivity index (χ4v) is 6.14. The number of benzene rings is 1. The highest BCUT2D eigenvalue weighted by Crippen LogP contribution is 2.38. The van der Waals surface area contributed by atoms with Gasteiger partial charge in [-0.05, 0) is 55.9 Å². The number of halogens is 1. The van der Waals surface area contributed by atoms with Gasteiger partial charge in [-0.1, -0.05) is 25.0 Å². The lowest BCUT2D eigenvalue weighted by Crippen LogP contribution is -2.46. The molecule has 1 aliphatic carbocycles. The quantitative estimate of drug-likeness (QED) is 0.482. The van der Waals surface area contributed by atoms with Crippen molar-refractivity contribution in [2.45, 2.75) is 38.5 Å². The standard InChI is InChI=1S/C23H30N4O2S.ClH/c28-22-17-7-1-2-8-18(17)23(29)27(22)12-6-5-11-25-13-15-26(16-14-25)21-19-9-3-4-10-20(19)30-24-21;/h3-4,9-10,17-18H,1-2,5-8,11-16H2;1H. The molecule has 6 nitrogen and oxygen atoms in total. The molecule has 8 heteroatoms. The molecule has 0 bridgehead atoms. The molecule has 0 radical (unpaired) electrons. The van der Waals surface area contributed by atoms with Crippen molar-refractivity contribution < 1.29 is 9.59 Å². The van der Waals surface area contributed by atoms with Gasteiger partial charge in [0, 0.05) is 38.1 Å². The third-order valence-electron chi connectivity index (χ3n) is 7.07. The summed E-state index contributed by atoms with van der Waals surface area (Å²) in [6.07, 6.45) is 5.95. The van der Waals surface area contributed by atoms with Gasteiger partial charge >= 0.3 is 0 Å². The van der Waals surface area contributed by atoms with Crippen LogP contribution < -0.4 is 4.90 Å². The van der Waals surface area contributed by atoms with E-state index in [4.69, 9.17) is 0 Å². The van der Waals surface area contributed by atoms with Gasteiger partial charge in [-0.25, -0.2) is 0 Å². The van der Waals surface area contributed by atoms with Crippen molar-refractivity contribution in [1.29, 1.82) is 0 Å². The first-order valence-electron chi connectivity index (χ1n) is 11.4. The number of fused-ring (bicyclic) bond motifs is 2. The van der Waals surface area contributed by atoms with E-state index in [1.165, 1.54) is 10.1 Å². The molecule has 3 aliphatic rings. The molecule has 2 amide bonds. The van der Waals surface area contributed by atoms with Crippen LogP contribution in [0, 0.1) is 11.8 Å². The van der Waals surface area contributed by atoms with E-state index in [1.54, 1.807) is 16.4 Å². The molecule has 2 atom stereocenters. The lowest BCUT2D eigenvalue weighted by molar-refractivity contribution is -0.140. The number of piperazine rings is 1. The maximum absolute atomic E-state index is 12.6. The van der Waals surface area contributed by atoms with Gasteiger partial charge in [0.15, 0.2) is 0 Å². The second-order valence-electron chi connectivity index (χ2n) is 8.86. The fourth-order valence-electron chi connectivity index (χ4n) is 5.34. The van der Waals surface area contributed by atoms with Crippen molar-refractivity contribution in [2.75, 3.05) is 44.2 Å². The van der Waals surface area contributed by atoms with Crippen LogP contribution in [0.25, 0.3) is 10.1 Å². The molecule has 1 aromatic carbocycles. The zero-order chi connectivity index (χ0) is 20.5. The molecule has 31 heavy (non-hydrogen) atoms. The number of amides is 2. The molecule has 3 heterocycles. The van der Waals surface area contributed by atoms with Gasteiger partial charge in [-0.15, -0.1) is 12.4 Å². The SMILES string of the molecule is Cl.O=C1C2CCCCC2C(=O)N1CCCCN1CCN(c2nsc3ccccc23)CC1. The second-order valence-corrected chi connectivity index (χ2v) is 9.67. The van der Waals surface area contributed by atoms with Crippen LogP contribution in [-0.4, -0.2) is 65.3 Å². The van der Waals surface area contributed by atoms with Crippen LogP contribution in [0.2, 0.25) is 0 Å². The summed E-state index contributed by atoms with van der Waals surface area (Å²) in [5.74, 6) is 1.31. The number of hydrogen-bond donors (Lipinski definition) is 0.